The molecule has 0 aromatic rings. The number of amides is 1. The van der Waals surface area contributed by atoms with E-state index in [9.17, 15) is 9.90 Å². The van der Waals surface area contributed by atoms with E-state index in [2.05, 4.69) is 16.7 Å². The highest BCUT2D eigenvalue weighted by molar-refractivity contribution is 5.79. The Kier molecular flexibility index (Phi) is 4.32. The van der Waals surface area contributed by atoms with Gasteiger partial charge in [0.15, 0.2) is 0 Å². The van der Waals surface area contributed by atoms with Crippen molar-refractivity contribution in [3.05, 3.63) is 0 Å². The van der Waals surface area contributed by atoms with Crippen LogP contribution in [0.15, 0.2) is 0 Å². The molecule has 4 nitrogen and oxygen atoms in total. The van der Waals surface area contributed by atoms with E-state index in [-0.39, 0.29) is 12.6 Å². The van der Waals surface area contributed by atoms with Crippen molar-refractivity contribution in [1.29, 1.82) is 0 Å². The van der Waals surface area contributed by atoms with Crippen molar-refractivity contribution < 1.29 is 9.90 Å². The maximum absolute atomic E-state index is 12.7. The first-order valence-corrected chi connectivity index (χ1v) is 8.36. The molecule has 2 bridgehead atoms. The summed E-state index contributed by atoms with van der Waals surface area (Å²) in [5.74, 6) is 2.29. The van der Waals surface area contributed by atoms with Crippen LogP contribution in [-0.2, 0) is 4.79 Å². The molecule has 1 N–H and O–H groups in total. The first-order valence-electron chi connectivity index (χ1n) is 8.36. The molecule has 0 aromatic heterocycles. The maximum Gasteiger partial charge on any atom is 0.226 e. The Hall–Kier alpha value is -0.610. The normalized spacial score (nSPS) is 35.5. The predicted molar refractivity (Wildman–Crippen MR) is 78.3 cm³/mol. The van der Waals surface area contributed by atoms with Crippen molar-refractivity contribution in [2.45, 2.75) is 45.1 Å². The molecule has 114 valence electrons. The minimum Gasteiger partial charge on any atom is -0.395 e. The summed E-state index contributed by atoms with van der Waals surface area (Å²) < 4.78 is 0. The lowest BCUT2D eigenvalue weighted by molar-refractivity contribution is -0.139. The van der Waals surface area contributed by atoms with E-state index in [1.807, 2.05) is 0 Å². The average Bonchev–Trinajstić information content (AvgIpc) is 3.11. The summed E-state index contributed by atoms with van der Waals surface area (Å²) in [4.78, 5) is 17.1. The molecule has 1 amide bonds. The summed E-state index contributed by atoms with van der Waals surface area (Å²) in [6, 6.07) is 0.273. The first-order chi connectivity index (χ1) is 9.72. The Bertz CT molecular complexity index is 348. The van der Waals surface area contributed by atoms with Crippen molar-refractivity contribution in [3.63, 3.8) is 0 Å². The molecule has 1 aliphatic heterocycles. The molecule has 2 aliphatic carbocycles. The van der Waals surface area contributed by atoms with Crippen LogP contribution in [0.2, 0.25) is 0 Å². The zero-order valence-corrected chi connectivity index (χ0v) is 12.6. The molecule has 0 aromatic carbocycles. The molecule has 4 atom stereocenters. The fraction of sp³-hybridized carbons (Fsp3) is 0.938. The lowest BCUT2D eigenvalue weighted by Gasteiger charge is -2.40. The molecule has 3 rings (SSSR count). The Labute approximate surface area is 122 Å². The van der Waals surface area contributed by atoms with Gasteiger partial charge in [-0.3, -0.25) is 9.69 Å². The summed E-state index contributed by atoms with van der Waals surface area (Å²) in [7, 11) is 0. The summed E-state index contributed by atoms with van der Waals surface area (Å²) in [5.41, 5.74) is 0. The van der Waals surface area contributed by atoms with Gasteiger partial charge < -0.3 is 10.0 Å². The Morgan fingerprint density at radius 3 is 2.45 bits per heavy atom. The van der Waals surface area contributed by atoms with Crippen LogP contribution in [0.1, 0.15) is 39.0 Å². The third-order valence-electron chi connectivity index (χ3n) is 5.88. The van der Waals surface area contributed by atoms with Crippen LogP contribution in [0.5, 0.6) is 0 Å². The van der Waals surface area contributed by atoms with E-state index in [1.54, 1.807) is 0 Å². The minimum absolute atomic E-state index is 0.233. The Morgan fingerprint density at radius 2 is 1.95 bits per heavy atom. The van der Waals surface area contributed by atoms with Crippen LogP contribution in [0.4, 0.5) is 0 Å². The minimum atomic E-state index is 0.233. The highest BCUT2D eigenvalue weighted by Crippen LogP contribution is 2.48. The second-order valence-electron chi connectivity index (χ2n) is 6.89. The summed E-state index contributed by atoms with van der Waals surface area (Å²) in [5, 5.41) is 9.38. The highest BCUT2D eigenvalue weighted by atomic mass is 16.3. The van der Waals surface area contributed by atoms with Gasteiger partial charge in [0.1, 0.15) is 0 Å². The number of carbonyl (C=O) groups is 1. The number of piperazine rings is 1. The summed E-state index contributed by atoms with van der Waals surface area (Å²) >= 11 is 0. The van der Waals surface area contributed by atoms with Crippen LogP contribution in [0.3, 0.4) is 0 Å². The monoisotopic (exact) mass is 280 g/mol. The lowest BCUT2D eigenvalue weighted by atomic mass is 9.87. The number of rotatable bonds is 4. The zero-order chi connectivity index (χ0) is 14.1. The summed E-state index contributed by atoms with van der Waals surface area (Å²) in [6.07, 6.45) is 6.08. The largest absolute Gasteiger partial charge is 0.395 e. The number of carbonyl (C=O) groups excluding carboxylic acids is 1. The van der Waals surface area contributed by atoms with Crippen molar-refractivity contribution in [1.82, 2.24) is 9.80 Å². The maximum atomic E-state index is 12.7. The van der Waals surface area contributed by atoms with Gasteiger partial charge in [-0.15, -0.1) is 0 Å². The predicted octanol–water partition coefficient (Wildman–Crippen LogP) is 1.34. The first kappa shape index (κ1) is 14.3. The molecule has 1 heterocycles. The van der Waals surface area contributed by atoms with E-state index < -0.39 is 0 Å². The molecule has 4 unspecified atom stereocenters. The topological polar surface area (TPSA) is 43.8 Å². The van der Waals surface area contributed by atoms with Crippen molar-refractivity contribution in [2.75, 3.05) is 32.8 Å². The molecular formula is C16H28N2O2. The second-order valence-corrected chi connectivity index (χ2v) is 6.89. The van der Waals surface area contributed by atoms with Gasteiger partial charge in [-0.2, -0.15) is 0 Å². The molecule has 0 spiro atoms. The molecular weight excluding hydrogens is 252 g/mol. The molecule has 0 radical (unpaired) electrons. The zero-order valence-electron chi connectivity index (χ0n) is 12.6. The van der Waals surface area contributed by atoms with Gasteiger partial charge in [0, 0.05) is 38.1 Å². The fourth-order valence-electron chi connectivity index (χ4n) is 4.59. The van der Waals surface area contributed by atoms with E-state index in [0.29, 0.717) is 17.7 Å². The van der Waals surface area contributed by atoms with Gasteiger partial charge in [-0.05, 0) is 37.5 Å². The smallest absolute Gasteiger partial charge is 0.226 e. The van der Waals surface area contributed by atoms with Gasteiger partial charge in [0.05, 0.1) is 6.61 Å². The fourth-order valence-corrected chi connectivity index (χ4v) is 4.59. The highest BCUT2D eigenvalue weighted by Gasteiger charge is 2.44. The number of aliphatic hydroxyl groups is 1. The lowest BCUT2D eigenvalue weighted by Crippen LogP contribution is -2.54. The van der Waals surface area contributed by atoms with Gasteiger partial charge in [-0.25, -0.2) is 0 Å². The van der Waals surface area contributed by atoms with E-state index in [1.165, 1.54) is 19.3 Å². The van der Waals surface area contributed by atoms with Crippen LogP contribution in [0, 0.1) is 17.8 Å². The third kappa shape index (κ3) is 2.60. The second kappa shape index (κ2) is 6.02. The van der Waals surface area contributed by atoms with Gasteiger partial charge in [0.2, 0.25) is 5.91 Å². The van der Waals surface area contributed by atoms with E-state index in [0.717, 1.165) is 44.9 Å². The van der Waals surface area contributed by atoms with Crippen molar-refractivity contribution in [2.24, 2.45) is 17.8 Å². The molecule has 3 fully saturated rings. The van der Waals surface area contributed by atoms with E-state index >= 15 is 0 Å². The number of hydrogen-bond donors (Lipinski definition) is 1. The number of hydrogen-bond acceptors (Lipinski definition) is 3. The van der Waals surface area contributed by atoms with Crippen LogP contribution >= 0.6 is 0 Å². The number of fused-ring (bicyclic) bond motifs is 2. The van der Waals surface area contributed by atoms with Crippen molar-refractivity contribution in [3.8, 4) is 0 Å². The van der Waals surface area contributed by atoms with Crippen LogP contribution in [0.25, 0.3) is 0 Å². The quantitative estimate of drug-likeness (QED) is 0.845. The van der Waals surface area contributed by atoms with Crippen LogP contribution in [-0.4, -0.2) is 59.6 Å². The molecule has 4 heteroatoms. The SMILES string of the molecule is CCC(CO)N1CCN(C(=O)C2CC3CCC2C3)CC1. The van der Waals surface area contributed by atoms with Gasteiger partial charge in [-0.1, -0.05) is 13.3 Å². The molecule has 20 heavy (non-hydrogen) atoms. The molecule has 3 aliphatic rings. The molecule has 2 saturated carbocycles. The van der Waals surface area contributed by atoms with Gasteiger partial charge >= 0.3 is 0 Å². The average molecular weight is 280 g/mol. The standard InChI is InChI=1S/C16H28N2O2/c1-2-14(11-19)17-5-7-18(8-6-17)16(20)15-10-12-3-4-13(15)9-12/h12-15,19H,2-11H2,1H3. The van der Waals surface area contributed by atoms with E-state index in [4.69, 9.17) is 0 Å². The third-order valence-corrected chi connectivity index (χ3v) is 5.88. The number of nitrogens with zero attached hydrogens (tertiary/aromatic N) is 2. The van der Waals surface area contributed by atoms with Crippen LogP contribution < -0.4 is 0 Å². The Morgan fingerprint density at radius 1 is 1.20 bits per heavy atom. The summed E-state index contributed by atoms with van der Waals surface area (Å²) in [6.45, 7) is 5.90. The van der Waals surface area contributed by atoms with Gasteiger partial charge in [0.25, 0.3) is 0 Å². The Balaban J connectivity index is 1.52. The van der Waals surface area contributed by atoms with Crippen molar-refractivity contribution >= 4 is 5.91 Å². The molecule has 1 saturated heterocycles. The number of aliphatic hydroxyl groups excluding tert-OH is 1.